The Bertz CT molecular complexity index is 605. The number of benzene rings is 2. The molecule has 0 N–H and O–H groups in total. The Morgan fingerprint density at radius 2 is 1.89 bits per heavy atom. The summed E-state index contributed by atoms with van der Waals surface area (Å²) in [6, 6.07) is 13.2. The molecule has 0 saturated heterocycles. The molecule has 2 rings (SSSR count). The molecule has 0 heterocycles. The summed E-state index contributed by atoms with van der Waals surface area (Å²) in [5.74, 6) is -0.424. The fraction of sp³-hybridized carbons (Fsp3) is 0. The summed E-state index contributed by atoms with van der Waals surface area (Å²) < 4.78 is 13.8. The third kappa shape index (κ3) is 3.37. The number of halogens is 2. The van der Waals surface area contributed by atoms with E-state index in [1.807, 2.05) is 6.07 Å². The second-order valence-electron chi connectivity index (χ2n) is 3.76. The summed E-state index contributed by atoms with van der Waals surface area (Å²) in [7, 11) is 0. The van der Waals surface area contributed by atoms with Crippen LogP contribution in [0.25, 0.3) is 6.08 Å². The van der Waals surface area contributed by atoms with Gasteiger partial charge in [0.05, 0.1) is 0 Å². The highest BCUT2D eigenvalue weighted by atomic mass is 79.9. The van der Waals surface area contributed by atoms with E-state index in [0.717, 1.165) is 4.47 Å². The van der Waals surface area contributed by atoms with Crippen LogP contribution in [-0.2, 0) is 0 Å². The summed E-state index contributed by atoms with van der Waals surface area (Å²) in [6.45, 7) is 0. The van der Waals surface area contributed by atoms with Crippen molar-refractivity contribution < 1.29 is 9.18 Å². The van der Waals surface area contributed by atoms with Gasteiger partial charge in [-0.1, -0.05) is 46.3 Å². The third-order valence-electron chi connectivity index (χ3n) is 2.38. The number of ketones is 1. The summed E-state index contributed by atoms with van der Waals surface area (Å²) in [5.41, 5.74) is 1.26. The molecule has 0 aliphatic rings. The van der Waals surface area contributed by atoms with Crippen LogP contribution in [0, 0.1) is 5.82 Å². The van der Waals surface area contributed by atoms with Crippen LogP contribution in [-0.4, -0.2) is 5.78 Å². The molecule has 2 aromatic rings. The minimum atomic E-state index is -0.313. The summed E-state index contributed by atoms with van der Waals surface area (Å²) in [4.78, 5) is 11.9. The molecule has 3 heteroatoms. The first-order valence-electron chi connectivity index (χ1n) is 5.39. The first-order chi connectivity index (χ1) is 8.65. The summed E-state index contributed by atoms with van der Waals surface area (Å²) in [5, 5.41) is 0. The van der Waals surface area contributed by atoms with Crippen LogP contribution >= 0.6 is 15.9 Å². The number of carbonyl (C=O) groups excluding carboxylic acids is 1. The molecule has 0 aromatic heterocycles. The van der Waals surface area contributed by atoms with Gasteiger partial charge in [0.2, 0.25) is 0 Å². The predicted octanol–water partition coefficient (Wildman–Crippen LogP) is 4.48. The van der Waals surface area contributed by atoms with Crippen LogP contribution in [0.1, 0.15) is 15.9 Å². The second-order valence-corrected chi connectivity index (χ2v) is 4.68. The van der Waals surface area contributed by atoms with E-state index >= 15 is 0 Å². The minimum Gasteiger partial charge on any atom is -0.289 e. The van der Waals surface area contributed by atoms with Gasteiger partial charge in [0.1, 0.15) is 5.82 Å². The fourth-order valence-electron chi connectivity index (χ4n) is 1.52. The van der Waals surface area contributed by atoms with Gasteiger partial charge in [-0.05, 0) is 35.9 Å². The second kappa shape index (κ2) is 5.74. The van der Waals surface area contributed by atoms with E-state index in [4.69, 9.17) is 0 Å². The Kier molecular flexibility index (Phi) is 4.05. The largest absolute Gasteiger partial charge is 0.289 e. The molecule has 0 radical (unpaired) electrons. The number of rotatable bonds is 3. The van der Waals surface area contributed by atoms with Crippen molar-refractivity contribution in [3.8, 4) is 0 Å². The molecule has 1 nitrogen and oxygen atoms in total. The lowest BCUT2D eigenvalue weighted by Gasteiger charge is -1.97. The lowest BCUT2D eigenvalue weighted by molar-refractivity contribution is 0.104. The zero-order valence-electron chi connectivity index (χ0n) is 9.44. The lowest BCUT2D eigenvalue weighted by Crippen LogP contribution is -1.93. The molecule has 0 aliphatic carbocycles. The van der Waals surface area contributed by atoms with Gasteiger partial charge in [0, 0.05) is 10.0 Å². The lowest BCUT2D eigenvalue weighted by atomic mass is 10.1. The maximum absolute atomic E-state index is 12.9. The van der Waals surface area contributed by atoms with Gasteiger partial charge in [-0.15, -0.1) is 0 Å². The molecular formula is C15H10BrFO. The van der Waals surface area contributed by atoms with Crippen LogP contribution in [0.5, 0.6) is 0 Å². The van der Waals surface area contributed by atoms with E-state index in [2.05, 4.69) is 15.9 Å². The van der Waals surface area contributed by atoms with Crippen molar-refractivity contribution >= 4 is 27.8 Å². The zero-order chi connectivity index (χ0) is 13.0. The van der Waals surface area contributed by atoms with Gasteiger partial charge in [-0.2, -0.15) is 0 Å². The normalized spacial score (nSPS) is 10.8. The minimum absolute atomic E-state index is 0.111. The van der Waals surface area contributed by atoms with Gasteiger partial charge in [-0.3, -0.25) is 4.79 Å². The van der Waals surface area contributed by atoms with Gasteiger partial charge in [0.25, 0.3) is 0 Å². The molecule has 2 aromatic carbocycles. The predicted molar refractivity (Wildman–Crippen MR) is 73.9 cm³/mol. The van der Waals surface area contributed by atoms with E-state index in [0.29, 0.717) is 11.1 Å². The molecular weight excluding hydrogens is 295 g/mol. The van der Waals surface area contributed by atoms with E-state index in [9.17, 15) is 9.18 Å². The van der Waals surface area contributed by atoms with Crippen LogP contribution < -0.4 is 0 Å². The highest BCUT2D eigenvalue weighted by Gasteiger charge is 2.01. The van der Waals surface area contributed by atoms with Crippen LogP contribution in [0.15, 0.2) is 59.1 Å². The van der Waals surface area contributed by atoms with Crippen molar-refractivity contribution in [3.05, 3.63) is 76.0 Å². The third-order valence-corrected chi connectivity index (χ3v) is 2.88. The van der Waals surface area contributed by atoms with Gasteiger partial charge >= 0.3 is 0 Å². The zero-order valence-corrected chi connectivity index (χ0v) is 11.0. The molecule has 0 saturated carbocycles. The van der Waals surface area contributed by atoms with Crippen molar-refractivity contribution in [3.63, 3.8) is 0 Å². The van der Waals surface area contributed by atoms with Crippen molar-refractivity contribution in [2.24, 2.45) is 0 Å². The van der Waals surface area contributed by atoms with Crippen LogP contribution in [0.4, 0.5) is 4.39 Å². The Morgan fingerprint density at radius 1 is 1.11 bits per heavy atom. The fourth-order valence-corrected chi connectivity index (χ4v) is 1.92. The van der Waals surface area contributed by atoms with Crippen molar-refractivity contribution in [2.75, 3.05) is 0 Å². The van der Waals surface area contributed by atoms with E-state index < -0.39 is 0 Å². The first-order valence-corrected chi connectivity index (χ1v) is 6.18. The smallest absolute Gasteiger partial charge is 0.185 e. The molecule has 0 atom stereocenters. The van der Waals surface area contributed by atoms with Crippen molar-refractivity contribution in [1.29, 1.82) is 0 Å². The average molecular weight is 305 g/mol. The Labute approximate surface area is 113 Å². The van der Waals surface area contributed by atoms with E-state index in [1.165, 1.54) is 18.2 Å². The molecule has 0 bridgehead atoms. The summed E-state index contributed by atoms with van der Waals surface area (Å²) >= 11 is 3.31. The SMILES string of the molecule is O=C(/C=C/c1cccc(F)c1)c1cccc(Br)c1. The quantitative estimate of drug-likeness (QED) is 0.603. The summed E-state index contributed by atoms with van der Waals surface area (Å²) in [6.07, 6.45) is 3.04. The Hall–Kier alpha value is -1.74. The molecule has 0 amide bonds. The van der Waals surface area contributed by atoms with E-state index in [1.54, 1.807) is 36.4 Å². The number of hydrogen-bond acceptors (Lipinski definition) is 1. The monoisotopic (exact) mass is 304 g/mol. The number of hydrogen-bond donors (Lipinski definition) is 0. The van der Waals surface area contributed by atoms with Crippen molar-refractivity contribution in [2.45, 2.75) is 0 Å². The maximum Gasteiger partial charge on any atom is 0.185 e. The molecule has 0 spiro atoms. The van der Waals surface area contributed by atoms with Crippen LogP contribution in [0.2, 0.25) is 0 Å². The van der Waals surface area contributed by atoms with Gasteiger partial charge < -0.3 is 0 Å². The highest BCUT2D eigenvalue weighted by Crippen LogP contribution is 2.13. The van der Waals surface area contributed by atoms with E-state index in [-0.39, 0.29) is 11.6 Å². The Morgan fingerprint density at radius 3 is 2.61 bits per heavy atom. The first kappa shape index (κ1) is 12.7. The number of carbonyl (C=O) groups is 1. The van der Waals surface area contributed by atoms with Crippen LogP contribution in [0.3, 0.4) is 0 Å². The molecule has 0 fully saturated rings. The molecule has 90 valence electrons. The number of allylic oxidation sites excluding steroid dienone is 1. The van der Waals surface area contributed by atoms with Gasteiger partial charge in [-0.25, -0.2) is 4.39 Å². The topological polar surface area (TPSA) is 17.1 Å². The Balaban J connectivity index is 2.17. The highest BCUT2D eigenvalue weighted by molar-refractivity contribution is 9.10. The molecule has 0 unspecified atom stereocenters. The average Bonchev–Trinajstić information content (AvgIpc) is 2.36. The molecule has 0 aliphatic heterocycles. The molecule has 18 heavy (non-hydrogen) atoms. The standard InChI is InChI=1S/C15H10BrFO/c16-13-5-2-4-12(10-13)15(18)8-7-11-3-1-6-14(17)9-11/h1-10H/b8-7+. The maximum atomic E-state index is 12.9. The van der Waals surface area contributed by atoms with Crippen molar-refractivity contribution in [1.82, 2.24) is 0 Å². The van der Waals surface area contributed by atoms with Gasteiger partial charge in [0.15, 0.2) is 5.78 Å².